The van der Waals surface area contributed by atoms with E-state index in [1.165, 1.54) is 37.7 Å². The van der Waals surface area contributed by atoms with Gasteiger partial charge in [0.15, 0.2) is 5.78 Å². The van der Waals surface area contributed by atoms with Gasteiger partial charge in [-0.25, -0.2) is 4.79 Å². The molecule has 4 aliphatic carbocycles. The molecule has 1 aromatic carbocycles. The Hall–Kier alpha value is -1.90. The molecule has 1 aromatic rings. The number of allylic oxidation sites excluding steroid dienone is 2. The quantitative estimate of drug-likeness (QED) is 0.403. The van der Waals surface area contributed by atoms with Crippen molar-refractivity contribution in [3.05, 3.63) is 46.5 Å². The fourth-order valence-corrected chi connectivity index (χ4v) is 9.67. The maximum absolute atomic E-state index is 14.1. The molecule has 0 aromatic heterocycles. The van der Waals surface area contributed by atoms with Crippen LogP contribution in [0.25, 0.3) is 0 Å². The van der Waals surface area contributed by atoms with E-state index in [4.69, 9.17) is 0 Å². The van der Waals surface area contributed by atoms with Crippen LogP contribution in [0.1, 0.15) is 127 Å². The molecule has 0 bridgehead atoms. The minimum Gasteiger partial charge on any atom is -0.478 e. The first-order chi connectivity index (χ1) is 17.6. The molecule has 0 saturated heterocycles. The largest absolute Gasteiger partial charge is 0.478 e. The summed E-state index contributed by atoms with van der Waals surface area (Å²) in [6.07, 6.45) is 12.4. The van der Waals surface area contributed by atoms with Gasteiger partial charge >= 0.3 is 5.97 Å². The highest BCUT2D eigenvalue weighted by molar-refractivity contribution is 5.99. The normalized spacial score (nSPS) is 36.2. The van der Waals surface area contributed by atoms with Crippen molar-refractivity contribution in [3.63, 3.8) is 0 Å². The summed E-state index contributed by atoms with van der Waals surface area (Å²) in [6, 6.07) is 7.57. The number of aromatic carboxylic acids is 1. The van der Waals surface area contributed by atoms with Gasteiger partial charge in [-0.1, -0.05) is 77.7 Å². The molecule has 37 heavy (non-hydrogen) atoms. The van der Waals surface area contributed by atoms with Crippen molar-refractivity contribution >= 4 is 11.8 Å². The van der Waals surface area contributed by atoms with E-state index in [1.54, 1.807) is 11.6 Å². The zero-order valence-corrected chi connectivity index (χ0v) is 23.8. The molecule has 202 valence electrons. The van der Waals surface area contributed by atoms with E-state index in [1.807, 2.05) is 18.2 Å². The molecule has 4 aliphatic rings. The van der Waals surface area contributed by atoms with Crippen LogP contribution in [0.5, 0.6) is 0 Å². The number of carboxylic acids is 1. The van der Waals surface area contributed by atoms with Crippen LogP contribution < -0.4 is 0 Å². The fraction of sp³-hybridized carbons (Fsp3) is 0.706. The van der Waals surface area contributed by atoms with Gasteiger partial charge in [0.05, 0.1) is 5.56 Å². The molecule has 3 heteroatoms. The van der Waals surface area contributed by atoms with Crippen LogP contribution in [0.4, 0.5) is 0 Å². The number of benzene rings is 1. The highest BCUT2D eigenvalue weighted by atomic mass is 16.4. The van der Waals surface area contributed by atoms with E-state index < -0.39 is 5.97 Å². The number of ketones is 1. The number of carboxylic acid groups (broad SMARTS) is 1. The van der Waals surface area contributed by atoms with E-state index in [9.17, 15) is 14.7 Å². The summed E-state index contributed by atoms with van der Waals surface area (Å²) in [6.45, 7) is 11.9. The molecule has 0 aliphatic heterocycles. The summed E-state index contributed by atoms with van der Waals surface area (Å²) >= 11 is 0. The molecule has 2 fully saturated rings. The average Bonchev–Trinajstić information content (AvgIpc) is 3.19. The van der Waals surface area contributed by atoms with Gasteiger partial charge in [0.1, 0.15) is 0 Å². The number of rotatable bonds is 7. The van der Waals surface area contributed by atoms with E-state index in [0.29, 0.717) is 35.0 Å². The van der Waals surface area contributed by atoms with Crippen molar-refractivity contribution in [3.8, 4) is 0 Å². The van der Waals surface area contributed by atoms with Crippen LogP contribution in [0.2, 0.25) is 0 Å². The van der Waals surface area contributed by atoms with Crippen LogP contribution >= 0.6 is 0 Å². The van der Waals surface area contributed by atoms with Gasteiger partial charge in [0.2, 0.25) is 0 Å². The zero-order chi connectivity index (χ0) is 26.5. The monoisotopic (exact) mass is 504 g/mol. The first-order valence-electron chi connectivity index (χ1n) is 15.1. The van der Waals surface area contributed by atoms with Gasteiger partial charge in [-0.15, -0.1) is 0 Å². The number of carbonyl (C=O) groups is 2. The molecule has 1 N–H and O–H groups in total. The molecule has 7 atom stereocenters. The highest BCUT2D eigenvalue weighted by Crippen LogP contribution is 2.66. The summed E-state index contributed by atoms with van der Waals surface area (Å²) in [7, 11) is 0. The number of Topliss-reactive ketones (excluding diaryl/α,β-unsaturated/α-hetero) is 1. The summed E-state index contributed by atoms with van der Waals surface area (Å²) in [4.78, 5) is 26.0. The van der Waals surface area contributed by atoms with Crippen LogP contribution in [0.15, 0.2) is 35.4 Å². The summed E-state index contributed by atoms with van der Waals surface area (Å²) in [5.74, 6) is 3.08. The highest BCUT2D eigenvalue weighted by Gasteiger charge is 2.58. The lowest BCUT2D eigenvalue weighted by atomic mass is 9.49. The maximum atomic E-state index is 14.1. The molecular formula is C34H48O3. The third-order valence-electron chi connectivity index (χ3n) is 11.5. The Labute approximate surface area is 224 Å². The fourth-order valence-electron chi connectivity index (χ4n) is 9.67. The van der Waals surface area contributed by atoms with Crippen molar-refractivity contribution < 1.29 is 14.7 Å². The van der Waals surface area contributed by atoms with Crippen molar-refractivity contribution in [2.45, 2.75) is 111 Å². The second-order valence-electron chi connectivity index (χ2n) is 14.1. The standard InChI is InChI=1S/C34H48O3/c1-21(2)9-8-10-22(3)28-15-16-29-27-14-13-24-19-23(25-11-6-7-12-26(25)32(36)37)17-18-33(24,4)31(27)30(35)20-34(28,29)5/h6-7,11-12,21-24,28-29H,8-10,13-20H2,1-5H3,(H,36,37)/t22-,23+,24+,28-,29+,33+,34-/m1/s1. The van der Waals surface area contributed by atoms with Crippen molar-refractivity contribution in [1.82, 2.24) is 0 Å². The Balaban J connectivity index is 1.38. The molecule has 0 amide bonds. The number of hydrogen-bond donors (Lipinski definition) is 1. The predicted molar refractivity (Wildman–Crippen MR) is 150 cm³/mol. The number of hydrogen-bond acceptors (Lipinski definition) is 2. The van der Waals surface area contributed by atoms with E-state index in [0.717, 1.165) is 50.0 Å². The average molecular weight is 505 g/mol. The third-order valence-corrected chi connectivity index (χ3v) is 11.5. The zero-order valence-electron chi connectivity index (χ0n) is 23.8. The number of carbonyl (C=O) groups excluding carboxylic acids is 1. The maximum Gasteiger partial charge on any atom is 0.335 e. The SMILES string of the molecule is CC(C)CCC[C@@H](C)[C@H]1CC[C@H]2C3=C(C(=O)C[C@]12C)[C@@]1(C)CC[C@H](c2ccccc2C(=O)O)C[C@@H]1CC3. The minimum atomic E-state index is -0.825. The Kier molecular flexibility index (Phi) is 7.22. The lowest BCUT2D eigenvalue weighted by Gasteiger charge is -2.54. The van der Waals surface area contributed by atoms with E-state index in [-0.39, 0.29) is 16.7 Å². The van der Waals surface area contributed by atoms with E-state index in [2.05, 4.69) is 34.6 Å². The minimum absolute atomic E-state index is 0.0400. The van der Waals surface area contributed by atoms with Crippen LogP contribution in [-0.2, 0) is 4.79 Å². The second kappa shape index (κ2) is 10.0. The molecule has 5 rings (SSSR count). The Morgan fingerprint density at radius 3 is 2.54 bits per heavy atom. The van der Waals surface area contributed by atoms with Gasteiger partial charge in [-0.05, 0) is 103 Å². The van der Waals surface area contributed by atoms with Crippen molar-refractivity contribution in [2.24, 2.45) is 40.4 Å². The van der Waals surface area contributed by atoms with Crippen LogP contribution in [0.3, 0.4) is 0 Å². The Morgan fingerprint density at radius 1 is 1.05 bits per heavy atom. The molecule has 0 unspecified atom stereocenters. The third kappa shape index (κ3) is 4.53. The van der Waals surface area contributed by atoms with Crippen molar-refractivity contribution in [1.29, 1.82) is 0 Å². The van der Waals surface area contributed by atoms with Gasteiger partial charge in [-0.2, -0.15) is 0 Å². The van der Waals surface area contributed by atoms with Gasteiger partial charge < -0.3 is 5.11 Å². The van der Waals surface area contributed by atoms with Crippen LogP contribution in [-0.4, -0.2) is 16.9 Å². The predicted octanol–water partition coefficient (Wildman–Crippen LogP) is 8.83. The first-order valence-corrected chi connectivity index (χ1v) is 15.1. The Morgan fingerprint density at radius 2 is 1.81 bits per heavy atom. The van der Waals surface area contributed by atoms with Gasteiger partial charge in [0, 0.05) is 12.0 Å². The summed E-state index contributed by atoms with van der Waals surface area (Å²) in [5, 5.41) is 9.76. The van der Waals surface area contributed by atoms with Gasteiger partial charge in [0.25, 0.3) is 0 Å². The summed E-state index contributed by atoms with van der Waals surface area (Å²) in [5.41, 5.74) is 4.30. The topological polar surface area (TPSA) is 54.4 Å². The first kappa shape index (κ1) is 26.7. The molecule has 0 heterocycles. The number of fused-ring (bicyclic) bond motifs is 4. The molecule has 0 radical (unpaired) electrons. The van der Waals surface area contributed by atoms with Gasteiger partial charge in [-0.3, -0.25) is 4.79 Å². The lowest BCUT2D eigenvalue weighted by molar-refractivity contribution is -0.123. The molecular weight excluding hydrogens is 456 g/mol. The Bertz CT molecular complexity index is 1080. The lowest BCUT2D eigenvalue weighted by Crippen LogP contribution is -2.48. The smallest absolute Gasteiger partial charge is 0.335 e. The molecule has 3 nitrogen and oxygen atoms in total. The second-order valence-corrected chi connectivity index (χ2v) is 14.1. The van der Waals surface area contributed by atoms with E-state index >= 15 is 0 Å². The molecule has 2 saturated carbocycles. The van der Waals surface area contributed by atoms with Crippen LogP contribution in [0, 0.1) is 40.4 Å². The molecule has 0 spiro atoms. The van der Waals surface area contributed by atoms with Crippen molar-refractivity contribution in [2.75, 3.05) is 0 Å². The summed E-state index contributed by atoms with van der Waals surface area (Å²) < 4.78 is 0.